The number of carbonyl (C=O) groups is 2. The van der Waals surface area contributed by atoms with Crippen LogP contribution in [0.15, 0.2) is 84.5 Å². The first-order chi connectivity index (χ1) is 17.3. The number of nitrogens with one attached hydrogen (secondary N) is 1. The van der Waals surface area contributed by atoms with Gasteiger partial charge in [0.05, 0.1) is 30.1 Å². The number of carbonyl (C=O) groups excluding carboxylic acids is 2. The Bertz CT molecular complexity index is 1390. The van der Waals surface area contributed by atoms with E-state index < -0.39 is 46.2 Å². The first-order valence-corrected chi connectivity index (χ1v) is 11.2. The molecule has 0 saturated heterocycles. The fraction of sp³-hybridized carbons (Fsp3) is 0.138. The fourth-order valence-electron chi connectivity index (χ4n) is 4.04. The summed E-state index contributed by atoms with van der Waals surface area (Å²) in [6, 6.07) is 17.4. The molecular weight excluding hydrogens is 464 g/mol. The summed E-state index contributed by atoms with van der Waals surface area (Å²) in [5.74, 6) is -3.02. The minimum atomic E-state index is -1.13. The fourth-order valence-corrected chi connectivity index (χ4v) is 4.04. The normalized spacial score (nSPS) is 14.7. The number of aliphatic hydroxyl groups is 1. The third-order valence-electron chi connectivity index (χ3n) is 5.98. The monoisotopic (exact) mass is 487 g/mol. The molecule has 3 aromatic carbocycles. The number of rotatable bonds is 8. The Morgan fingerprint density at radius 3 is 2.28 bits per heavy atom. The van der Waals surface area contributed by atoms with Crippen molar-refractivity contribution in [2.75, 3.05) is 7.11 Å². The zero-order valence-electron chi connectivity index (χ0n) is 19.4. The maximum absolute atomic E-state index is 14.8. The minimum absolute atomic E-state index is 0.164. The van der Waals surface area contributed by atoms with Gasteiger partial charge in [0.25, 0.3) is 0 Å². The molecule has 0 spiro atoms. The highest BCUT2D eigenvalue weighted by atomic mass is 19.1. The number of halogens is 2. The number of methoxy groups -OCH3 is 1. The second-order valence-electron chi connectivity index (χ2n) is 8.32. The van der Waals surface area contributed by atoms with Crippen molar-refractivity contribution in [2.24, 2.45) is 0 Å². The molecule has 1 unspecified atom stereocenters. The Balaban J connectivity index is 1.68. The van der Waals surface area contributed by atoms with E-state index in [0.717, 1.165) is 17.7 Å². The first kappa shape index (κ1) is 24.9. The predicted molar refractivity (Wildman–Crippen MR) is 132 cm³/mol. The Hall–Kier alpha value is -4.23. The molecule has 0 aliphatic heterocycles. The Morgan fingerprint density at radius 1 is 1.00 bits per heavy atom. The average molecular weight is 488 g/mol. The van der Waals surface area contributed by atoms with Crippen LogP contribution in [-0.2, 0) is 11.2 Å². The smallest absolute Gasteiger partial charge is 0.210 e. The average Bonchev–Trinajstić information content (AvgIpc) is 2.90. The predicted octanol–water partition coefficient (Wildman–Crippen LogP) is 5.43. The van der Waals surface area contributed by atoms with E-state index in [1.54, 1.807) is 55.7 Å². The molecule has 3 aromatic rings. The van der Waals surface area contributed by atoms with E-state index in [1.165, 1.54) is 6.08 Å². The second-order valence-corrected chi connectivity index (χ2v) is 8.32. The van der Waals surface area contributed by atoms with Gasteiger partial charge in [-0.2, -0.15) is 0 Å². The van der Waals surface area contributed by atoms with E-state index in [1.807, 2.05) is 12.1 Å². The lowest BCUT2D eigenvalue weighted by Gasteiger charge is -2.20. The van der Waals surface area contributed by atoms with E-state index in [4.69, 9.17) is 10.1 Å². The molecule has 0 heterocycles. The number of ketones is 2. The molecular formula is C29H23F2NO4. The molecule has 0 aromatic heterocycles. The van der Waals surface area contributed by atoms with Crippen molar-refractivity contribution >= 4 is 22.9 Å². The number of hydrogen-bond acceptors (Lipinski definition) is 5. The molecule has 1 aliphatic carbocycles. The van der Waals surface area contributed by atoms with Crippen LogP contribution in [0.25, 0.3) is 5.57 Å². The second kappa shape index (κ2) is 10.6. The number of hydrogen-bond donors (Lipinski definition) is 2. The van der Waals surface area contributed by atoms with Crippen LogP contribution < -0.4 is 4.74 Å². The number of aliphatic hydroxyl groups excluding tert-OH is 1. The summed E-state index contributed by atoms with van der Waals surface area (Å²) in [5, 5.41) is 18.6. The van der Waals surface area contributed by atoms with Gasteiger partial charge in [-0.15, -0.1) is 0 Å². The number of allylic oxidation sites excluding steroid dienone is 4. The topological polar surface area (TPSA) is 87.5 Å². The Morgan fingerprint density at radius 2 is 1.64 bits per heavy atom. The molecule has 4 rings (SSSR count). The molecule has 0 radical (unpaired) electrons. The van der Waals surface area contributed by atoms with Gasteiger partial charge in [-0.3, -0.25) is 9.59 Å². The van der Waals surface area contributed by atoms with Gasteiger partial charge in [0.1, 0.15) is 17.4 Å². The van der Waals surface area contributed by atoms with E-state index in [0.29, 0.717) is 17.7 Å². The number of fused-ring (bicyclic) bond motifs is 1. The zero-order chi connectivity index (χ0) is 25.8. The quantitative estimate of drug-likeness (QED) is 0.327. The van der Waals surface area contributed by atoms with Crippen LogP contribution in [0.4, 0.5) is 8.78 Å². The van der Waals surface area contributed by atoms with Gasteiger partial charge in [0.15, 0.2) is 0 Å². The number of benzene rings is 3. The number of ether oxygens (including phenoxy) is 1. The molecule has 0 fully saturated rings. The Kier molecular flexibility index (Phi) is 7.31. The van der Waals surface area contributed by atoms with Crippen LogP contribution in [0, 0.1) is 17.0 Å². The van der Waals surface area contributed by atoms with Crippen molar-refractivity contribution in [1.29, 1.82) is 5.41 Å². The first-order valence-electron chi connectivity index (χ1n) is 11.2. The lowest BCUT2D eigenvalue weighted by Crippen LogP contribution is -2.26. The summed E-state index contributed by atoms with van der Waals surface area (Å²) in [4.78, 5) is 26.2. The summed E-state index contributed by atoms with van der Waals surface area (Å²) in [7, 11) is 1.55. The highest BCUT2D eigenvalue weighted by Crippen LogP contribution is 2.34. The molecule has 1 atom stereocenters. The van der Waals surface area contributed by atoms with Crippen LogP contribution >= 0.6 is 0 Å². The molecule has 36 heavy (non-hydrogen) atoms. The third kappa shape index (κ3) is 5.06. The third-order valence-corrected chi connectivity index (χ3v) is 5.98. The van der Waals surface area contributed by atoms with Gasteiger partial charge < -0.3 is 15.3 Å². The summed E-state index contributed by atoms with van der Waals surface area (Å²) >= 11 is 0. The van der Waals surface area contributed by atoms with Gasteiger partial charge in [0.2, 0.25) is 11.6 Å². The van der Waals surface area contributed by atoms with Gasteiger partial charge in [-0.1, -0.05) is 48.5 Å². The van der Waals surface area contributed by atoms with E-state index in [-0.39, 0.29) is 17.6 Å². The van der Waals surface area contributed by atoms with Gasteiger partial charge in [-0.05, 0) is 53.5 Å². The highest BCUT2D eigenvalue weighted by molar-refractivity contribution is 6.53. The van der Waals surface area contributed by atoms with Crippen LogP contribution in [0.3, 0.4) is 0 Å². The van der Waals surface area contributed by atoms with E-state index in [2.05, 4.69) is 0 Å². The SMILES string of the molecule is COc1ccc(CC=C2C=C(C(=O)C(=N)CC(O)c3ccccc3)C(=O)c3c(F)ccc(F)c32)cc1. The summed E-state index contributed by atoms with van der Waals surface area (Å²) < 4.78 is 34.7. The molecule has 182 valence electrons. The Labute approximate surface area is 206 Å². The van der Waals surface area contributed by atoms with Crippen molar-refractivity contribution in [1.82, 2.24) is 0 Å². The van der Waals surface area contributed by atoms with Crippen molar-refractivity contribution < 1.29 is 28.2 Å². The number of Topliss-reactive ketones (excluding diaryl/α,β-unsaturated/α-hetero) is 2. The van der Waals surface area contributed by atoms with E-state index >= 15 is 0 Å². The van der Waals surface area contributed by atoms with Crippen LogP contribution in [0.1, 0.15) is 39.6 Å². The minimum Gasteiger partial charge on any atom is -0.497 e. The van der Waals surface area contributed by atoms with Crippen molar-refractivity contribution in [3.05, 3.63) is 118 Å². The summed E-state index contributed by atoms with van der Waals surface area (Å²) in [6.07, 6.45) is 1.64. The summed E-state index contributed by atoms with van der Waals surface area (Å²) in [5.41, 5.74) is -0.202. The van der Waals surface area contributed by atoms with Gasteiger partial charge in [0, 0.05) is 12.0 Å². The molecule has 7 heteroatoms. The van der Waals surface area contributed by atoms with Crippen LogP contribution in [-0.4, -0.2) is 29.5 Å². The van der Waals surface area contributed by atoms with Crippen LogP contribution in [0.5, 0.6) is 5.75 Å². The van der Waals surface area contributed by atoms with Crippen molar-refractivity contribution in [3.63, 3.8) is 0 Å². The molecule has 0 amide bonds. The largest absolute Gasteiger partial charge is 0.497 e. The van der Waals surface area contributed by atoms with E-state index in [9.17, 15) is 23.5 Å². The standard InChI is InChI=1S/C29H23F2NO4/c1-36-20-11-8-17(9-12-20)7-10-19-15-21(29(35)27-23(31)14-13-22(30)26(19)27)28(34)24(32)16-25(33)18-5-3-2-4-6-18/h2-6,8-15,25,32-33H,7,16H2,1H3. The molecule has 2 N–H and O–H groups in total. The molecule has 5 nitrogen and oxygen atoms in total. The van der Waals surface area contributed by atoms with Crippen LogP contribution in [0.2, 0.25) is 0 Å². The molecule has 1 aliphatic rings. The summed E-state index contributed by atoms with van der Waals surface area (Å²) in [6.45, 7) is 0. The maximum atomic E-state index is 14.8. The molecule has 0 bridgehead atoms. The van der Waals surface area contributed by atoms with Crippen molar-refractivity contribution in [2.45, 2.75) is 18.9 Å². The zero-order valence-corrected chi connectivity index (χ0v) is 19.4. The highest BCUT2D eigenvalue weighted by Gasteiger charge is 2.34. The van der Waals surface area contributed by atoms with Gasteiger partial charge >= 0.3 is 0 Å². The van der Waals surface area contributed by atoms with Gasteiger partial charge in [-0.25, -0.2) is 8.78 Å². The maximum Gasteiger partial charge on any atom is 0.210 e. The lowest BCUT2D eigenvalue weighted by molar-refractivity contribution is -0.109. The van der Waals surface area contributed by atoms with Crippen molar-refractivity contribution in [3.8, 4) is 5.75 Å². The lowest BCUT2D eigenvalue weighted by atomic mass is 9.82. The molecule has 0 saturated carbocycles.